The number of rotatable bonds is 4. The van der Waals surface area contributed by atoms with Crippen molar-refractivity contribution in [2.24, 2.45) is 5.92 Å². The lowest BCUT2D eigenvalue weighted by molar-refractivity contribution is 0.0392. The van der Waals surface area contributed by atoms with E-state index in [4.69, 9.17) is 4.74 Å². The summed E-state index contributed by atoms with van der Waals surface area (Å²) in [6, 6.07) is 4.17. The largest absolute Gasteiger partial charge is 0.381 e. The predicted octanol–water partition coefficient (Wildman–Crippen LogP) is 3.04. The maximum absolute atomic E-state index is 13.3. The summed E-state index contributed by atoms with van der Waals surface area (Å²) in [6.07, 6.45) is 2.08. The first-order valence-corrected chi connectivity index (χ1v) is 6.48. The highest BCUT2D eigenvalue weighted by molar-refractivity contribution is 5.22. The maximum Gasteiger partial charge on any atom is 0.159 e. The van der Waals surface area contributed by atoms with E-state index in [1.54, 1.807) is 6.07 Å². The molecule has 100 valence electrons. The Balaban J connectivity index is 2.19. The van der Waals surface area contributed by atoms with Gasteiger partial charge in [0.15, 0.2) is 11.6 Å². The van der Waals surface area contributed by atoms with Crippen molar-refractivity contribution >= 4 is 0 Å². The quantitative estimate of drug-likeness (QED) is 0.893. The first-order chi connectivity index (χ1) is 8.72. The Labute approximate surface area is 106 Å². The Bertz CT molecular complexity index is 391. The zero-order chi connectivity index (χ0) is 13.0. The van der Waals surface area contributed by atoms with Crippen molar-refractivity contribution in [2.75, 3.05) is 19.8 Å². The molecule has 2 rings (SSSR count). The standard InChI is InChI=1S/C14H19F2NO/c1-2-17-14(11-4-3-7-18-9-11)10-5-6-12(15)13(16)8-10/h5-6,8,11,14,17H,2-4,7,9H2,1H3. The van der Waals surface area contributed by atoms with Crippen LogP contribution in [-0.2, 0) is 4.74 Å². The van der Waals surface area contributed by atoms with Gasteiger partial charge in [-0.05, 0) is 37.1 Å². The number of benzene rings is 1. The van der Waals surface area contributed by atoms with Gasteiger partial charge in [0.2, 0.25) is 0 Å². The first kappa shape index (κ1) is 13.4. The Morgan fingerprint density at radius 1 is 1.39 bits per heavy atom. The molecule has 0 radical (unpaired) electrons. The van der Waals surface area contributed by atoms with E-state index in [2.05, 4.69) is 5.32 Å². The van der Waals surface area contributed by atoms with Crippen LogP contribution in [0.15, 0.2) is 18.2 Å². The van der Waals surface area contributed by atoms with Crippen LogP contribution >= 0.6 is 0 Å². The molecule has 0 bridgehead atoms. The van der Waals surface area contributed by atoms with Gasteiger partial charge < -0.3 is 10.1 Å². The molecule has 0 saturated carbocycles. The van der Waals surface area contributed by atoms with Crippen LogP contribution in [0.5, 0.6) is 0 Å². The van der Waals surface area contributed by atoms with Crippen molar-refractivity contribution in [1.82, 2.24) is 5.32 Å². The van der Waals surface area contributed by atoms with Gasteiger partial charge in [-0.15, -0.1) is 0 Å². The summed E-state index contributed by atoms with van der Waals surface area (Å²) in [5, 5.41) is 3.35. The summed E-state index contributed by atoms with van der Waals surface area (Å²) < 4.78 is 31.8. The minimum Gasteiger partial charge on any atom is -0.381 e. The molecule has 0 aromatic heterocycles. The molecule has 1 aromatic carbocycles. The lowest BCUT2D eigenvalue weighted by Gasteiger charge is -2.31. The Morgan fingerprint density at radius 3 is 2.83 bits per heavy atom. The van der Waals surface area contributed by atoms with Gasteiger partial charge in [0, 0.05) is 18.6 Å². The summed E-state index contributed by atoms with van der Waals surface area (Å²) in [4.78, 5) is 0. The molecule has 0 amide bonds. The van der Waals surface area contributed by atoms with Crippen LogP contribution in [-0.4, -0.2) is 19.8 Å². The van der Waals surface area contributed by atoms with Gasteiger partial charge in [0.1, 0.15) is 0 Å². The molecule has 1 fully saturated rings. The van der Waals surface area contributed by atoms with Crippen LogP contribution in [0.3, 0.4) is 0 Å². The Morgan fingerprint density at radius 2 is 2.22 bits per heavy atom. The Hall–Kier alpha value is -1.00. The van der Waals surface area contributed by atoms with Gasteiger partial charge >= 0.3 is 0 Å². The fourth-order valence-electron chi connectivity index (χ4n) is 2.51. The van der Waals surface area contributed by atoms with Gasteiger partial charge in [0.05, 0.1) is 6.61 Å². The number of hydrogen-bond donors (Lipinski definition) is 1. The summed E-state index contributed by atoms with van der Waals surface area (Å²) >= 11 is 0. The molecule has 2 nitrogen and oxygen atoms in total. The van der Waals surface area contributed by atoms with E-state index in [0.717, 1.165) is 31.6 Å². The van der Waals surface area contributed by atoms with E-state index >= 15 is 0 Å². The number of hydrogen-bond acceptors (Lipinski definition) is 2. The monoisotopic (exact) mass is 255 g/mol. The van der Waals surface area contributed by atoms with Crippen LogP contribution in [0.2, 0.25) is 0 Å². The van der Waals surface area contributed by atoms with Gasteiger partial charge in [-0.2, -0.15) is 0 Å². The van der Waals surface area contributed by atoms with Crippen LogP contribution in [0.4, 0.5) is 8.78 Å². The lowest BCUT2D eigenvalue weighted by atomic mass is 9.88. The average molecular weight is 255 g/mol. The van der Waals surface area contributed by atoms with Crippen molar-refractivity contribution in [3.63, 3.8) is 0 Å². The summed E-state index contributed by atoms with van der Waals surface area (Å²) in [5.41, 5.74) is 0.797. The van der Waals surface area contributed by atoms with E-state index < -0.39 is 11.6 Å². The third kappa shape index (κ3) is 3.06. The molecule has 18 heavy (non-hydrogen) atoms. The molecular weight excluding hydrogens is 236 g/mol. The lowest BCUT2D eigenvalue weighted by Crippen LogP contribution is -2.33. The van der Waals surface area contributed by atoms with E-state index in [1.807, 2.05) is 6.92 Å². The molecule has 1 aliphatic rings. The van der Waals surface area contributed by atoms with Crippen LogP contribution in [0.25, 0.3) is 0 Å². The molecule has 1 heterocycles. The van der Waals surface area contributed by atoms with Crippen LogP contribution in [0, 0.1) is 17.6 Å². The molecule has 1 aliphatic heterocycles. The van der Waals surface area contributed by atoms with Crippen LogP contribution in [0.1, 0.15) is 31.4 Å². The molecule has 1 saturated heterocycles. The normalized spacial score (nSPS) is 21.8. The average Bonchev–Trinajstić information content (AvgIpc) is 2.40. The third-order valence-electron chi connectivity index (χ3n) is 3.39. The van der Waals surface area contributed by atoms with Gasteiger partial charge in [-0.1, -0.05) is 13.0 Å². The van der Waals surface area contributed by atoms with E-state index in [-0.39, 0.29) is 6.04 Å². The van der Waals surface area contributed by atoms with Gasteiger partial charge in [-0.3, -0.25) is 0 Å². The van der Waals surface area contributed by atoms with Crippen molar-refractivity contribution < 1.29 is 13.5 Å². The van der Waals surface area contributed by atoms with Crippen LogP contribution < -0.4 is 5.32 Å². The SMILES string of the molecule is CCNC(c1ccc(F)c(F)c1)C1CCCOC1. The molecule has 2 unspecified atom stereocenters. The summed E-state index contributed by atoms with van der Waals surface area (Å²) in [5.74, 6) is -1.26. The number of ether oxygens (including phenoxy) is 1. The number of nitrogens with one attached hydrogen (secondary N) is 1. The Kier molecular flexibility index (Phi) is 4.66. The molecule has 1 aromatic rings. The zero-order valence-electron chi connectivity index (χ0n) is 10.6. The summed E-state index contributed by atoms with van der Waals surface area (Å²) in [6.45, 7) is 4.28. The highest BCUT2D eigenvalue weighted by Crippen LogP contribution is 2.29. The highest BCUT2D eigenvalue weighted by atomic mass is 19.2. The summed E-state index contributed by atoms with van der Waals surface area (Å²) in [7, 11) is 0. The van der Waals surface area contributed by atoms with Gasteiger partial charge in [-0.25, -0.2) is 8.78 Å². The molecule has 2 atom stereocenters. The predicted molar refractivity (Wildman–Crippen MR) is 66.3 cm³/mol. The second-order valence-corrected chi connectivity index (χ2v) is 4.69. The van der Waals surface area contributed by atoms with Gasteiger partial charge in [0.25, 0.3) is 0 Å². The topological polar surface area (TPSA) is 21.3 Å². The van der Waals surface area contributed by atoms with E-state index in [9.17, 15) is 8.78 Å². The second-order valence-electron chi connectivity index (χ2n) is 4.69. The highest BCUT2D eigenvalue weighted by Gasteiger charge is 2.25. The molecule has 1 N–H and O–H groups in total. The van der Waals surface area contributed by atoms with E-state index in [0.29, 0.717) is 12.5 Å². The third-order valence-corrected chi connectivity index (χ3v) is 3.39. The van der Waals surface area contributed by atoms with E-state index in [1.165, 1.54) is 12.1 Å². The maximum atomic E-state index is 13.3. The minimum absolute atomic E-state index is 0.0328. The minimum atomic E-state index is -0.797. The first-order valence-electron chi connectivity index (χ1n) is 6.48. The fraction of sp³-hybridized carbons (Fsp3) is 0.571. The zero-order valence-corrected chi connectivity index (χ0v) is 10.6. The van der Waals surface area contributed by atoms with Crippen molar-refractivity contribution in [3.8, 4) is 0 Å². The van der Waals surface area contributed by atoms with Crippen molar-refractivity contribution in [3.05, 3.63) is 35.4 Å². The van der Waals surface area contributed by atoms with Crippen molar-refractivity contribution in [1.29, 1.82) is 0 Å². The number of halogens is 2. The van der Waals surface area contributed by atoms with Crippen molar-refractivity contribution in [2.45, 2.75) is 25.8 Å². The molecule has 4 heteroatoms. The second kappa shape index (κ2) is 6.25. The molecular formula is C14H19F2NO. The smallest absolute Gasteiger partial charge is 0.159 e. The molecule has 0 aliphatic carbocycles. The fourth-order valence-corrected chi connectivity index (χ4v) is 2.51. The molecule has 0 spiro atoms.